The molecule has 1 heterocycles. The van der Waals surface area contributed by atoms with Gasteiger partial charge in [0, 0.05) is 18.1 Å². The van der Waals surface area contributed by atoms with E-state index in [1.807, 2.05) is 0 Å². The fourth-order valence-corrected chi connectivity index (χ4v) is 2.56. The van der Waals surface area contributed by atoms with E-state index in [4.69, 9.17) is 0 Å². The molecule has 0 spiro atoms. The van der Waals surface area contributed by atoms with Crippen molar-refractivity contribution < 1.29 is 0 Å². The predicted octanol–water partition coefficient (Wildman–Crippen LogP) is 2.25. The van der Waals surface area contributed by atoms with Crippen molar-refractivity contribution in [3.05, 3.63) is 0 Å². The lowest BCUT2D eigenvalue weighted by Gasteiger charge is -2.34. The lowest BCUT2D eigenvalue weighted by atomic mass is 9.92. The predicted molar refractivity (Wildman–Crippen MR) is 65.1 cm³/mol. The number of rotatable bonds is 3. The highest BCUT2D eigenvalue weighted by Gasteiger charge is 2.31. The van der Waals surface area contributed by atoms with Gasteiger partial charge in [-0.3, -0.25) is 0 Å². The molecule has 0 aromatic rings. The van der Waals surface area contributed by atoms with Gasteiger partial charge in [-0.25, -0.2) is 0 Å². The average Bonchev–Trinajstić information content (AvgIpc) is 2.45. The molecule has 0 unspecified atom stereocenters. The van der Waals surface area contributed by atoms with Gasteiger partial charge in [-0.1, -0.05) is 6.42 Å². The Labute approximate surface area is 94.4 Å². The van der Waals surface area contributed by atoms with Crippen LogP contribution in [-0.4, -0.2) is 36.1 Å². The Morgan fingerprint density at radius 2 is 1.93 bits per heavy atom. The molecule has 1 saturated heterocycles. The van der Waals surface area contributed by atoms with Crippen LogP contribution in [-0.2, 0) is 0 Å². The summed E-state index contributed by atoms with van der Waals surface area (Å²) in [6, 6.07) is 0.949. The average molecular weight is 210 g/mol. The molecule has 1 atom stereocenters. The van der Waals surface area contributed by atoms with Gasteiger partial charge in [0.2, 0.25) is 0 Å². The van der Waals surface area contributed by atoms with Crippen LogP contribution in [0, 0.1) is 5.92 Å². The zero-order valence-electron chi connectivity index (χ0n) is 10.6. The lowest BCUT2D eigenvalue weighted by molar-refractivity contribution is 0.152. The number of hydrogen-bond donors (Lipinski definition) is 1. The molecule has 0 bridgehead atoms. The molecule has 88 valence electrons. The largest absolute Gasteiger partial charge is 0.312 e. The van der Waals surface area contributed by atoms with Gasteiger partial charge in [-0.2, -0.15) is 0 Å². The number of nitrogens with one attached hydrogen (secondary N) is 1. The van der Waals surface area contributed by atoms with E-state index in [9.17, 15) is 0 Å². The van der Waals surface area contributed by atoms with Gasteiger partial charge < -0.3 is 10.2 Å². The van der Waals surface area contributed by atoms with E-state index in [-0.39, 0.29) is 5.54 Å². The van der Waals surface area contributed by atoms with Gasteiger partial charge in [-0.05, 0) is 59.0 Å². The summed E-state index contributed by atoms with van der Waals surface area (Å²) in [4.78, 5) is 2.72. The summed E-state index contributed by atoms with van der Waals surface area (Å²) in [6.45, 7) is 10.7. The van der Waals surface area contributed by atoms with Gasteiger partial charge in [0.25, 0.3) is 0 Å². The maximum atomic E-state index is 3.63. The van der Waals surface area contributed by atoms with Gasteiger partial charge in [0.05, 0.1) is 0 Å². The first-order chi connectivity index (χ1) is 7.04. The fraction of sp³-hybridized carbons (Fsp3) is 1.00. The second-order valence-corrected chi connectivity index (χ2v) is 6.37. The van der Waals surface area contributed by atoms with Gasteiger partial charge in [0.15, 0.2) is 0 Å². The molecule has 0 radical (unpaired) electrons. The topological polar surface area (TPSA) is 15.3 Å². The summed E-state index contributed by atoms with van der Waals surface area (Å²) >= 11 is 0. The fourth-order valence-electron chi connectivity index (χ4n) is 2.56. The summed E-state index contributed by atoms with van der Waals surface area (Å²) < 4.78 is 0. The molecule has 2 fully saturated rings. The van der Waals surface area contributed by atoms with Gasteiger partial charge in [-0.15, -0.1) is 0 Å². The third-order valence-electron chi connectivity index (χ3n) is 3.83. The minimum atomic E-state index is 0.282. The van der Waals surface area contributed by atoms with Crippen molar-refractivity contribution in [3.63, 3.8) is 0 Å². The number of likely N-dealkylation sites (tertiary alicyclic amines) is 1. The van der Waals surface area contributed by atoms with Crippen LogP contribution in [0.3, 0.4) is 0 Å². The molecular formula is C13H26N2. The molecule has 2 nitrogen and oxygen atoms in total. The van der Waals surface area contributed by atoms with Crippen LogP contribution in [0.5, 0.6) is 0 Å². The van der Waals surface area contributed by atoms with Crippen molar-refractivity contribution in [2.24, 2.45) is 5.92 Å². The molecule has 2 rings (SSSR count). The third-order valence-corrected chi connectivity index (χ3v) is 3.83. The Hall–Kier alpha value is -0.0800. The standard InChI is InChI=1S/C13H26N2/c1-13(2,3)14-9-11-7-8-15(10-11)12-5-4-6-12/h11-12,14H,4-10H2,1-3H3/t11-/m0/s1. The summed E-state index contributed by atoms with van der Waals surface area (Å²) in [5, 5.41) is 3.63. The maximum Gasteiger partial charge on any atom is 0.00966 e. The maximum absolute atomic E-state index is 3.63. The normalized spacial score (nSPS) is 29.4. The molecule has 1 N–H and O–H groups in total. The van der Waals surface area contributed by atoms with E-state index in [0.717, 1.165) is 12.0 Å². The summed E-state index contributed by atoms with van der Waals surface area (Å²) in [6.07, 6.45) is 5.78. The van der Waals surface area contributed by atoms with Gasteiger partial charge >= 0.3 is 0 Å². The number of hydrogen-bond acceptors (Lipinski definition) is 2. The molecule has 15 heavy (non-hydrogen) atoms. The SMILES string of the molecule is CC(C)(C)NC[C@@H]1CCN(C2CCC2)C1. The summed E-state index contributed by atoms with van der Waals surface area (Å²) in [5.41, 5.74) is 0.282. The second kappa shape index (κ2) is 4.42. The van der Waals surface area contributed by atoms with Crippen molar-refractivity contribution in [2.75, 3.05) is 19.6 Å². The number of nitrogens with zero attached hydrogens (tertiary/aromatic N) is 1. The van der Waals surface area contributed by atoms with Crippen molar-refractivity contribution in [3.8, 4) is 0 Å². The molecule has 2 heteroatoms. The minimum absolute atomic E-state index is 0.282. The van der Waals surface area contributed by atoms with Crippen LogP contribution >= 0.6 is 0 Å². The summed E-state index contributed by atoms with van der Waals surface area (Å²) in [7, 11) is 0. The zero-order valence-corrected chi connectivity index (χ0v) is 10.6. The van der Waals surface area contributed by atoms with Crippen molar-refractivity contribution >= 4 is 0 Å². The third kappa shape index (κ3) is 3.18. The molecule has 0 aromatic heterocycles. The Bertz CT molecular complexity index is 203. The van der Waals surface area contributed by atoms with Crippen LogP contribution < -0.4 is 5.32 Å². The highest BCUT2D eigenvalue weighted by molar-refractivity contribution is 4.87. The van der Waals surface area contributed by atoms with Crippen LogP contribution in [0.4, 0.5) is 0 Å². The van der Waals surface area contributed by atoms with Crippen molar-refractivity contribution in [1.29, 1.82) is 0 Å². The smallest absolute Gasteiger partial charge is 0.00966 e. The first-order valence-corrected chi connectivity index (χ1v) is 6.54. The highest BCUT2D eigenvalue weighted by Crippen LogP contribution is 2.29. The van der Waals surface area contributed by atoms with E-state index < -0.39 is 0 Å². The van der Waals surface area contributed by atoms with E-state index in [2.05, 4.69) is 31.0 Å². The van der Waals surface area contributed by atoms with E-state index >= 15 is 0 Å². The van der Waals surface area contributed by atoms with Crippen LogP contribution in [0.25, 0.3) is 0 Å². The van der Waals surface area contributed by atoms with Gasteiger partial charge in [0.1, 0.15) is 0 Å². The van der Waals surface area contributed by atoms with E-state index in [0.29, 0.717) is 0 Å². The second-order valence-electron chi connectivity index (χ2n) is 6.37. The Morgan fingerprint density at radius 3 is 2.47 bits per heavy atom. The van der Waals surface area contributed by atoms with Crippen LogP contribution in [0.2, 0.25) is 0 Å². The summed E-state index contributed by atoms with van der Waals surface area (Å²) in [5.74, 6) is 0.893. The van der Waals surface area contributed by atoms with E-state index in [1.165, 1.54) is 45.3 Å². The first kappa shape index (κ1) is 11.4. The lowest BCUT2D eigenvalue weighted by Crippen LogP contribution is -2.41. The van der Waals surface area contributed by atoms with Crippen molar-refractivity contribution in [2.45, 2.75) is 58.0 Å². The molecule has 0 amide bonds. The molecular weight excluding hydrogens is 184 g/mol. The molecule has 1 aliphatic carbocycles. The quantitative estimate of drug-likeness (QED) is 0.768. The monoisotopic (exact) mass is 210 g/mol. The molecule has 0 aromatic carbocycles. The Morgan fingerprint density at radius 1 is 1.20 bits per heavy atom. The van der Waals surface area contributed by atoms with Crippen LogP contribution in [0.1, 0.15) is 46.5 Å². The highest BCUT2D eigenvalue weighted by atomic mass is 15.2. The molecule has 2 aliphatic rings. The Kier molecular flexibility index (Phi) is 3.36. The van der Waals surface area contributed by atoms with Crippen LogP contribution in [0.15, 0.2) is 0 Å². The zero-order chi connectivity index (χ0) is 10.9. The van der Waals surface area contributed by atoms with E-state index in [1.54, 1.807) is 0 Å². The van der Waals surface area contributed by atoms with Crippen molar-refractivity contribution in [1.82, 2.24) is 10.2 Å². The first-order valence-electron chi connectivity index (χ1n) is 6.54. The molecule has 1 saturated carbocycles. The Balaban J connectivity index is 1.68. The molecule has 1 aliphatic heterocycles. The minimum Gasteiger partial charge on any atom is -0.312 e.